The van der Waals surface area contributed by atoms with Crippen molar-refractivity contribution < 1.29 is 0 Å². The lowest BCUT2D eigenvalue weighted by atomic mass is 9.74. The summed E-state index contributed by atoms with van der Waals surface area (Å²) in [6, 6.07) is 92.5. The fourth-order valence-corrected chi connectivity index (χ4v) is 11.4. The average Bonchev–Trinajstić information content (AvgIpc) is 3.64. The molecule has 0 bridgehead atoms. The van der Waals surface area contributed by atoms with Crippen LogP contribution < -0.4 is 0 Å². The molecule has 1 atom stereocenters. The Morgan fingerprint density at radius 3 is 1.56 bits per heavy atom. The first-order chi connectivity index (χ1) is 32.6. The van der Waals surface area contributed by atoms with Crippen molar-refractivity contribution in [1.29, 1.82) is 0 Å². The molecule has 308 valence electrons. The lowest BCUT2D eigenvalue weighted by Crippen LogP contribution is -2.22. The molecular weight excluding hydrogens is 793 g/mol. The third-order valence-corrected chi connectivity index (χ3v) is 14.5. The van der Waals surface area contributed by atoms with Crippen LogP contribution in [0.4, 0.5) is 0 Å². The van der Waals surface area contributed by atoms with Gasteiger partial charge in [-0.3, -0.25) is 0 Å². The van der Waals surface area contributed by atoms with Gasteiger partial charge in [-0.1, -0.05) is 224 Å². The molecule has 0 spiro atoms. The van der Waals surface area contributed by atoms with Crippen LogP contribution >= 0.6 is 0 Å². The largest absolute Gasteiger partial charge is 0.0622 e. The maximum absolute atomic E-state index is 2.47. The van der Waals surface area contributed by atoms with Gasteiger partial charge in [-0.2, -0.15) is 0 Å². The van der Waals surface area contributed by atoms with Crippen LogP contribution in [0.15, 0.2) is 249 Å². The predicted octanol–water partition coefficient (Wildman–Crippen LogP) is 18.0. The Kier molecular flexibility index (Phi) is 8.76. The van der Waals surface area contributed by atoms with Crippen LogP contribution in [0.3, 0.4) is 0 Å². The van der Waals surface area contributed by atoms with Crippen LogP contribution in [-0.2, 0) is 5.41 Å². The minimum atomic E-state index is -0.256. The Morgan fingerprint density at radius 2 is 0.803 bits per heavy atom. The van der Waals surface area contributed by atoms with Crippen molar-refractivity contribution in [1.82, 2.24) is 0 Å². The molecule has 0 amide bonds. The highest BCUT2D eigenvalue weighted by molar-refractivity contribution is 6.29. The maximum Gasteiger partial charge on any atom is 0.0435 e. The zero-order valence-electron chi connectivity index (χ0n) is 36.7. The van der Waals surface area contributed by atoms with E-state index in [1.807, 2.05) is 0 Å². The highest BCUT2D eigenvalue weighted by atomic mass is 14.4. The van der Waals surface area contributed by atoms with Crippen molar-refractivity contribution in [3.05, 3.63) is 265 Å². The van der Waals surface area contributed by atoms with Crippen molar-refractivity contribution in [2.24, 2.45) is 0 Å². The topological polar surface area (TPSA) is 0 Å². The second-order valence-corrected chi connectivity index (χ2v) is 18.0. The number of rotatable bonds is 6. The second kappa shape index (κ2) is 15.2. The van der Waals surface area contributed by atoms with Gasteiger partial charge < -0.3 is 0 Å². The summed E-state index contributed by atoms with van der Waals surface area (Å²) < 4.78 is 0. The van der Waals surface area contributed by atoms with Gasteiger partial charge in [0.15, 0.2) is 0 Å². The highest BCUT2D eigenvalue weighted by Gasteiger charge is 2.40. The zero-order valence-corrected chi connectivity index (χ0v) is 36.7. The number of hydrogen-bond donors (Lipinski definition) is 0. The molecule has 13 rings (SSSR count). The fraction of sp³-hybridized carbons (Fsp3) is 0.0303. The summed E-state index contributed by atoms with van der Waals surface area (Å²) in [5.41, 5.74) is 18.7. The first-order valence-corrected chi connectivity index (χ1v) is 23.1. The fourth-order valence-electron chi connectivity index (χ4n) is 11.4. The normalized spacial score (nSPS) is 14.2. The summed E-state index contributed by atoms with van der Waals surface area (Å²) in [6.07, 6.45) is 0. The molecule has 66 heavy (non-hydrogen) atoms. The van der Waals surface area contributed by atoms with Crippen LogP contribution in [0.25, 0.3) is 110 Å². The molecular formula is C66H44. The van der Waals surface area contributed by atoms with Gasteiger partial charge in [0.25, 0.3) is 0 Å². The Bertz CT molecular complexity index is 3860. The second-order valence-electron chi connectivity index (χ2n) is 18.0. The predicted molar refractivity (Wildman–Crippen MR) is 281 cm³/mol. The Balaban J connectivity index is 1.05. The number of benzene rings is 12. The summed E-state index contributed by atoms with van der Waals surface area (Å²) in [7, 11) is 0. The third-order valence-electron chi connectivity index (χ3n) is 14.5. The van der Waals surface area contributed by atoms with Gasteiger partial charge in [0.05, 0.1) is 0 Å². The molecule has 12 aromatic rings. The number of fused-ring (bicyclic) bond motifs is 8. The minimum Gasteiger partial charge on any atom is -0.0622 e. The highest BCUT2D eigenvalue weighted by Crippen LogP contribution is 2.54. The van der Waals surface area contributed by atoms with Gasteiger partial charge in [-0.15, -0.1) is 0 Å². The van der Waals surface area contributed by atoms with Gasteiger partial charge in [0, 0.05) is 5.41 Å². The maximum atomic E-state index is 2.47. The lowest BCUT2D eigenvalue weighted by Gasteiger charge is -2.28. The summed E-state index contributed by atoms with van der Waals surface area (Å²) in [6.45, 7) is 2.40. The van der Waals surface area contributed by atoms with Crippen LogP contribution in [-0.4, -0.2) is 0 Å². The molecule has 0 nitrogen and oxygen atoms in total. The van der Waals surface area contributed by atoms with E-state index >= 15 is 0 Å². The van der Waals surface area contributed by atoms with Crippen LogP contribution in [0, 0.1) is 0 Å². The van der Waals surface area contributed by atoms with E-state index in [-0.39, 0.29) is 5.41 Å². The minimum absolute atomic E-state index is 0.256. The molecule has 1 unspecified atom stereocenters. The summed E-state index contributed by atoms with van der Waals surface area (Å²) in [4.78, 5) is 0. The van der Waals surface area contributed by atoms with E-state index < -0.39 is 0 Å². The van der Waals surface area contributed by atoms with Crippen molar-refractivity contribution >= 4 is 43.1 Å². The van der Waals surface area contributed by atoms with E-state index in [0.29, 0.717) is 0 Å². The molecule has 1 aliphatic carbocycles. The van der Waals surface area contributed by atoms with Crippen molar-refractivity contribution in [3.63, 3.8) is 0 Å². The van der Waals surface area contributed by atoms with Gasteiger partial charge in [-0.25, -0.2) is 0 Å². The van der Waals surface area contributed by atoms with Crippen molar-refractivity contribution in [3.8, 4) is 66.8 Å². The van der Waals surface area contributed by atoms with Gasteiger partial charge in [-0.05, 0) is 158 Å². The molecule has 0 aliphatic heterocycles. The first kappa shape index (κ1) is 38.2. The molecule has 0 saturated heterocycles. The van der Waals surface area contributed by atoms with E-state index in [2.05, 4.69) is 256 Å². The van der Waals surface area contributed by atoms with E-state index in [4.69, 9.17) is 0 Å². The van der Waals surface area contributed by atoms with Crippen LogP contribution in [0.5, 0.6) is 0 Å². The summed E-state index contributed by atoms with van der Waals surface area (Å²) >= 11 is 0. The third kappa shape index (κ3) is 5.85. The Hall–Kier alpha value is -8.32. The molecule has 1 aliphatic rings. The zero-order chi connectivity index (χ0) is 43.8. The quantitative estimate of drug-likeness (QED) is 0.116. The smallest absolute Gasteiger partial charge is 0.0435 e. The van der Waals surface area contributed by atoms with Crippen molar-refractivity contribution in [2.45, 2.75) is 12.3 Å². The molecule has 0 N–H and O–H groups in total. The molecule has 0 heterocycles. The Labute approximate surface area is 385 Å². The van der Waals surface area contributed by atoms with Gasteiger partial charge in [0.1, 0.15) is 0 Å². The van der Waals surface area contributed by atoms with Gasteiger partial charge >= 0.3 is 0 Å². The van der Waals surface area contributed by atoms with Crippen molar-refractivity contribution in [2.75, 3.05) is 0 Å². The standard InChI is InChI=1S/C66H44/c1-66(50-24-9-4-10-25-50)61-32-18-17-28-53(61)60-41-48-34-33-46(39-49(48)42-62(60)66)47-36-37-57(59(40-47)44-21-7-3-8-22-44)65-56-31-16-15-30-55(56)63(58-38-35-45-23-11-12-27-52(45)64(58)65)54-29-14-13-26-51(54)43-19-5-2-6-20-43/h2-42H,1H3. The van der Waals surface area contributed by atoms with E-state index in [1.165, 1.54) is 127 Å². The summed E-state index contributed by atoms with van der Waals surface area (Å²) in [5.74, 6) is 0. The molecule has 0 heteroatoms. The van der Waals surface area contributed by atoms with E-state index in [0.717, 1.165) is 0 Å². The number of hydrogen-bond acceptors (Lipinski definition) is 0. The van der Waals surface area contributed by atoms with Gasteiger partial charge in [0.2, 0.25) is 0 Å². The Morgan fingerprint density at radius 1 is 0.258 bits per heavy atom. The van der Waals surface area contributed by atoms with E-state index in [1.54, 1.807) is 0 Å². The SMILES string of the molecule is CC1(c2ccccc2)c2ccccc2-c2cc3ccc(-c4ccc(-c5c6ccccc6c(-c6ccccc6-c6ccccc6)c6ccc7ccccc7c56)c(-c5ccccc5)c4)cc3cc21. The average molecular weight is 837 g/mol. The molecule has 0 aromatic heterocycles. The molecule has 12 aromatic carbocycles. The molecule has 0 saturated carbocycles. The first-order valence-electron chi connectivity index (χ1n) is 23.1. The summed E-state index contributed by atoms with van der Waals surface area (Å²) in [5, 5.41) is 10.0. The molecule has 0 radical (unpaired) electrons. The van der Waals surface area contributed by atoms with E-state index in [9.17, 15) is 0 Å². The molecule has 0 fully saturated rings. The monoisotopic (exact) mass is 836 g/mol. The van der Waals surface area contributed by atoms with Crippen LogP contribution in [0.1, 0.15) is 23.6 Å². The van der Waals surface area contributed by atoms with Crippen LogP contribution in [0.2, 0.25) is 0 Å². The lowest BCUT2D eigenvalue weighted by molar-refractivity contribution is 0.715.